The Bertz CT molecular complexity index is 819. The third kappa shape index (κ3) is 6.23. The molecule has 1 fully saturated rings. The molecule has 0 unspecified atom stereocenters. The SMILES string of the molecule is CCCNc1nc(C(=O)N2CCN(CC(=O)NCc3ccc(F)cc3)CC2)cs1. The molecule has 7 nitrogen and oxygen atoms in total. The number of amides is 2. The van der Waals surface area contributed by atoms with E-state index in [1.165, 1.54) is 23.5 Å². The Morgan fingerprint density at radius 3 is 2.59 bits per heavy atom. The summed E-state index contributed by atoms with van der Waals surface area (Å²) in [4.78, 5) is 32.9. The smallest absolute Gasteiger partial charge is 0.273 e. The molecule has 1 aromatic carbocycles. The summed E-state index contributed by atoms with van der Waals surface area (Å²) in [6.07, 6.45) is 1.00. The molecule has 1 aliphatic rings. The van der Waals surface area contributed by atoms with Crippen LogP contribution in [-0.4, -0.2) is 65.9 Å². The Kier molecular flexibility index (Phi) is 7.54. The Hall–Kier alpha value is -2.52. The third-order valence-corrected chi connectivity index (χ3v) is 5.48. The lowest BCUT2D eigenvalue weighted by Gasteiger charge is -2.33. The van der Waals surface area contributed by atoms with Crippen molar-refractivity contribution in [2.75, 3.05) is 44.6 Å². The van der Waals surface area contributed by atoms with Gasteiger partial charge in [-0.3, -0.25) is 14.5 Å². The van der Waals surface area contributed by atoms with Crippen molar-refractivity contribution in [3.05, 3.63) is 46.7 Å². The minimum Gasteiger partial charge on any atom is -0.362 e. The molecule has 0 atom stereocenters. The highest BCUT2D eigenvalue weighted by atomic mass is 32.1. The summed E-state index contributed by atoms with van der Waals surface area (Å²) in [5.74, 6) is -0.440. The zero-order valence-electron chi connectivity index (χ0n) is 16.5. The van der Waals surface area contributed by atoms with Gasteiger partial charge in [0, 0.05) is 44.6 Å². The van der Waals surface area contributed by atoms with Crippen LogP contribution in [0.5, 0.6) is 0 Å². The Morgan fingerprint density at radius 1 is 1.17 bits per heavy atom. The molecule has 0 aliphatic carbocycles. The summed E-state index contributed by atoms with van der Waals surface area (Å²) in [6.45, 7) is 5.99. The van der Waals surface area contributed by atoms with Gasteiger partial charge in [-0.25, -0.2) is 9.37 Å². The van der Waals surface area contributed by atoms with E-state index in [-0.39, 0.29) is 24.2 Å². The number of hydrogen-bond acceptors (Lipinski definition) is 6. The zero-order chi connectivity index (χ0) is 20.6. The highest BCUT2D eigenvalue weighted by molar-refractivity contribution is 7.13. The number of thiazole rings is 1. The van der Waals surface area contributed by atoms with E-state index in [0.717, 1.165) is 23.7 Å². The number of halogens is 1. The first-order valence-corrected chi connectivity index (χ1v) is 10.7. The molecule has 3 rings (SSSR count). The van der Waals surface area contributed by atoms with E-state index in [1.54, 1.807) is 22.4 Å². The summed E-state index contributed by atoms with van der Waals surface area (Å²) < 4.78 is 12.9. The van der Waals surface area contributed by atoms with Gasteiger partial charge in [0.15, 0.2) is 5.13 Å². The second kappa shape index (κ2) is 10.3. The number of carbonyl (C=O) groups excluding carboxylic acids is 2. The zero-order valence-corrected chi connectivity index (χ0v) is 17.3. The highest BCUT2D eigenvalue weighted by Crippen LogP contribution is 2.17. The van der Waals surface area contributed by atoms with Crippen LogP contribution in [-0.2, 0) is 11.3 Å². The van der Waals surface area contributed by atoms with Crippen LogP contribution in [0.25, 0.3) is 0 Å². The van der Waals surface area contributed by atoms with Gasteiger partial charge in [-0.05, 0) is 24.1 Å². The van der Waals surface area contributed by atoms with E-state index in [4.69, 9.17) is 0 Å². The van der Waals surface area contributed by atoms with E-state index in [2.05, 4.69) is 22.5 Å². The first-order chi connectivity index (χ1) is 14.0. The van der Waals surface area contributed by atoms with Crippen LogP contribution in [0.4, 0.5) is 9.52 Å². The number of rotatable bonds is 8. The van der Waals surface area contributed by atoms with Crippen molar-refractivity contribution < 1.29 is 14.0 Å². The molecule has 0 saturated carbocycles. The Morgan fingerprint density at radius 2 is 1.90 bits per heavy atom. The molecule has 0 bridgehead atoms. The first-order valence-electron chi connectivity index (χ1n) is 9.77. The van der Waals surface area contributed by atoms with Crippen LogP contribution in [0.1, 0.15) is 29.4 Å². The van der Waals surface area contributed by atoms with Gasteiger partial charge < -0.3 is 15.5 Å². The van der Waals surface area contributed by atoms with E-state index in [0.29, 0.717) is 38.4 Å². The van der Waals surface area contributed by atoms with Crippen LogP contribution in [0, 0.1) is 5.82 Å². The highest BCUT2D eigenvalue weighted by Gasteiger charge is 2.24. The van der Waals surface area contributed by atoms with E-state index in [9.17, 15) is 14.0 Å². The van der Waals surface area contributed by atoms with Crippen LogP contribution < -0.4 is 10.6 Å². The van der Waals surface area contributed by atoms with Gasteiger partial charge in [0.2, 0.25) is 5.91 Å². The average Bonchev–Trinajstić information content (AvgIpc) is 3.21. The third-order valence-electron chi connectivity index (χ3n) is 4.68. The van der Waals surface area contributed by atoms with Gasteiger partial charge in [-0.1, -0.05) is 19.1 Å². The number of anilines is 1. The van der Waals surface area contributed by atoms with Crippen molar-refractivity contribution in [2.45, 2.75) is 19.9 Å². The topological polar surface area (TPSA) is 77.6 Å². The fourth-order valence-electron chi connectivity index (χ4n) is 3.02. The van der Waals surface area contributed by atoms with Gasteiger partial charge >= 0.3 is 0 Å². The number of benzene rings is 1. The molecule has 1 saturated heterocycles. The lowest BCUT2D eigenvalue weighted by molar-refractivity contribution is -0.122. The second-order valence-corrected chi connectivity index (χ2v) is 7.79. The lowest BCUT2D eigenvalue weighted by atomic mass is 10.2. The minimum absolute atomic E-state index is 0.0637. The molecule has 156 valence electrons. The number of nitrogens with one attached hydrogen (secondary N) is 2. The Balaban J connectivity index is 1.40. The van der Waals surface area contributed by atoms with Crippen molar-refractivity contribution in [1.29, 1.82) is 0 Å². The van der Waals surface area contributed by atoms with Crippen molar-refractivity contribution in [3.8, 4) is 0 Å². The summed E-state index contributed by atoms with van der Waals surface area (Å²) >= 11 is 1.44. The average molecular weight is 420 g/mol. The molecule has 2 heterocycles. The maximum Gasteiger partial charge on any atom is 0.273 e. The van der Waals surface area contributed by atoms with Gasteiger partial charge in [0.25, 0.3) is 5.91 Å². The van der Waals surface area contributed by atoms with Gasteiger partial charge in [-0.2, -0.15) is 0 Å². The van der Waals surface area contributed by atoms with Crippen LogP contribution >= 0.6 is 11.3 Å². The minimum atomic E-state index is -0.293. The summed E-state index contributed by atoms with van der Waals surface area (Å²) in [5, 5.41) is 8.60. The first kappa shape index (κ1) is 21.2. The van der Waals surface area contributed by atoms with Gasteiger partial charge in [-0.15, -0.1) is 11.3 Å². The molecular weight excluding hydrogens is 393 g/mol. The second-order valence-electron chi connectivity index (χ2n) is 6.94. The molecule has 29 heavy (non-hydrogen) atoms. The maximum absolute atomic E-state index is 12.9. The largest absolute Gasteiger partial charge is 0.362 e. The maximum atomic E-state index is 12.9. The monoisotopic (exact) mass is 419 g/mol. The lowest BCUT2D eigenvalue weighted by Crippen LogP contribution is -2.51. The van der Waals surface area contributed by atoms with Crippen molar-refractivity contribution in [3.63, 3.8) is 0 Å². The quantitative estimate of drug-likeness (QED) is 0.686. The molecular formula is C20H26FN5O2S. The fraction of sp³-hybridized carbons (Fsp3) is 0.450. The normalized spacial score (nSPS) is 14.6. The number of aromatic nitrogens is 1. The Labute approximate surface area is 173 Å². The number of nitrogens with zero attached hydrogens (tertiary/aromatic N) is 3. The molecule has 9 heteroatoms. The summed E-state index contributed by atoms with van der Waals surface area (Å²) in [7, 11) is 0. The standard InChI is InChI=1S/C20H26FN5O2S/c1-2-7-22-20-24-17(14-29-20)19(28)26-10-8-25(9-11-26)13-18(27)23-12-15-3-5-16(21)6-4-15/h3-6,14H,2,7-13H2,1H3,(H,22,24)(H,23,27). The molecule has 1 aliphatic heterocycles. The molecule has 1 aromatic heterocycles. The fourth-order valence-corrected chi connectivity index (χ4v) is 3.73. The predicted octanol–water partition coefficient (Wildman–Crippen LogP) is 2.18. The molecule has 2 N–H and O–H groups in total. The predicted molar refractivity (Wildman–Crippen MR) is 111 cm³/mol. The van der Waals surface area contributed by atoms with Crippen molar-refractivity contribution in [1.82, 2.24) is 20.1 Å². The summed E-state index contributed by atoms with van der Waals surface area (Å²) in [5.41, 5.74) is 1.32. The van der Waals surface area contributed by atoms with Crippen LogP contribution in [0.15, 0.2) is 29.6 Å². The summed E-state index contributed by atoms with van der Waals surface area (Å²) in [6, 6.07) is 6.06. The van der Waals surface area contributed by atoms with Crippen molar-refractivity contribution in [2.24, 2.45) is 0 Å². The molecule has 2 amide bonds. The van der Waals surface area contributed by atoms with Crippen LogP contribution in [0.3, 0.4) is 0 Å². The molecule has 0 radical (unpaired) electrons. The molecule has 0 spiro atoms. The van der Waals surface area contributed by atoms with Gasteiger partial charge in [0.1, 0.15) is 11.5 Å². The number of carbonyl (C=O) groups is 2. The van der Waals surface area contributed by atoms with E-state index >= 15 is 0 Å². The number of piperazine rings is 1. The molecule has 2 aromatic rings. The van der Waals surface area contributed by atoms with E-state index in [1.807, 2.05) is 4.90 Å². The van der Waals surface area contributed by atoms with E-state index < -0.39 is 0 Å². The van der Waals surface area contributed by atoms with Gasteiger partial charge in [0.05, 0.1) is 6.54 Å². The van der Waals surface area contributed by atoms with Crippen molar-refractivity contribution >= 4 is 28.3 Å². The number of hydrogen-bond donors (Lipinski definition) is 2. The van der Waals surface area contributed by atoms with Crippen LogP contribution in [0.2, 0.25) is 0 Å².